The lowest BCUT2D eigenvalue weighted by molar-refractivity contribution is -0.128. The highest BCUT2D eigenvalue weighted by molar-refractivity contribution is 5.97. The minimum absolute atomic E-state index is 0.0600. The van der Waals surface area contributed by atoms with Crippen molar-refractivity contribution in [2.45, 2.75) is 20.8 Å². The van der Waals surface area contributed by atoms with Crippen LogP contribution in [0.25, 0.3) is 0 Å². The molecule has 5 nitrogen and oxygen atoms in total. The minimum atomic E-state index is -0.704. The molecule has 2 amide bonds. The maximum absolute atomic E-state index is 11.9. The van der Waals surface area contributed by atoms with Gasteiger partial charge in [-0.15, -0.1) is 0 Å². The molecule has 104 valence electrons. The van der Waals surface area contributed by atoms with Crippen molar-refractivity contribution < 1.29 is 14.7 Å². The number of benzene rings is 1. The second kappa shape index (κ2) is 5.73. The van der Waals surface area contributed by atoms with Crippen LogP contribution in [-0.4, -0.2) is 30.5 Å². The van der Waals surface area contributed by atoms with E-state index in [-0.39, 0.29) is 23.8 Å². The zero-order valence-electron chi connectivity index (χ0n) is 11.7. The summed E-state index contributed by atoms with van der Waals surface area (Å²) in [5.41, 5.74) is 0.378. The standard InChI is InChI=1S/C14H20N2O3/c1-9-5-6-10(11(17)7-9)12(18)16-8-14(2,3)13(19)15-4/h5-7,17H,8H2,1-4H3,(H,15,19)(H,16,18). The Balaban J connectivity index is 2.73. The number of phenols is 1. The first-order valence-corrected chi connectivity index (χ1v) is 6.08. The topological polar surface area (TPSA) is 78.4 Å². The van der Waals surface area contributed by atoms with Crippen LogP contribution in [0.4, 0.5) is 0 Å². The average molecular weight is 264 g/mol. The van der Waals surface area contributed by atoms with Gasteiger partial charge < -0.3 is 15.7 Å². The number of hydrogen-bond acceptors (Lipinski definition) is 3. The molecule has 1 aromatic rings. The zero-order valence-corrected chi connectivity index (χ0v) is 11.7. The molecule has 19 heavy (non-hydrogen) atoms. The van der Waals surface area contributed by atoms with E-state index >= 15 is 0 Å². The average Bonchev–Trinajstić information content (AvgIpc) is 2.35. The Morgan fingerprint density at radius 3 is 2.47 bits per heavy atom. The summed E-state index contributed by atoms with van der Waals surface area (Å²) < 4.78 is 0. The second-order valence-electron chi connectivity index (χ2n) is 5.17. The summed E-state index contributed by atoms with van der Waals surface area (Å²) in [7, 11) is 1.55. The lowest BCUT2D eigenvalue weighted by Crippen LogP contribution is -2.43. The van der Waals surface area contributed by atoms with E-state index in [1.54, 1.807) is 33.0 Å². The van der Waals surface area contributed by atoms with Crippen LogP contribution >= 0.6 is 0 Å². The SMILES string of the molecule is CNC(=O)C(C)(C)CNC(=O)c1ccc(C)cc1O. The van der Waals surface area contributed by atoms with Gasteiger partial charge in [0, 0.05) is 13.6 Å². The number of hydrogen-bond donors (Lipinski definition) is 3. The van der Waals surface area contributed by atoms with E-state index in [0.717, 1.165) is 5.56 Å². The number of aryl methyl sites for hydroxylation is 1. The Morgan fingerprint density at radius 1 is 1.32 bits per heavy atom. The molecule has 0 fully saturated rings. The van der Waals surface area contributed by atoms with Gasteiger partial charge >= 0.3 is 0 Å². The number of rotatable bonds is 4. The first kappa shape index (κ1) is 15.0. The van der Waals surface area contributed by atoms with Crippen molar-refractivity contribution in [1.29, 1.82) is 0 Å². The van der Waals surface area contributed by atoms with E-state index in [4.69, 9.17) is 0 Å². The Bertz CT molecular complexity index is 495. The van der Waals surface area contributed by atoms with E-state index in [2.05, 4.69) is 10.6 Å². The Hall–Kier alpha value is -2.04. The molecular weight excluding hydrogens is 244 g/mol. The number of carbonyl (C=O) groups is 2. The van der Waals surface area contributed by atoms with Crippen molar-refractivity contribution in [1.82, 2.24) is 10.6 Å². The van der Waals surface area contributed by atoms with Crippen LogP contribution < -0.4 is 10.6 Å². The third kappa shape index (κ3) is 3.71. The summed E-state index contributed by atoms with van der Waals surface area (Å²) in [5.74, 6) is -0.606. The Morgan fingerprint density at radius 2 is 1.95 bits per heavy atom. The van der Waals surface area contributed by atoms with Gasteiger partial charge in [0.25, 0.3) is 5.91 Å². The van der Waals surface area contributed by atoms with Gasteiger partial charge in [-0.3, -0.25) is 9.59 Å². The summed E-state index contributed by atoms with van der Waals surface area (Å²) in [5, 5.41) is 14.9. The van der Waals surface area contributed by atoms with Gasteiger partial charge in [-0.1, -0.05) is 6.07 Å². The zero-order chi connectivity index (χ0) is 14.6. The van der Waals surface area contributed by atoms with Crippen LogP contribution in [0, 0.1) is 12.3 Å². The van der Waals surface area contributed by atoms with Crippen LogP contribution in [-0.2, 0) is 4.79 Å². The molecule has 1 rings (SSSR count). The fourth-order valence-electron chi connectivity index (χ4n) is 1.65. The highest BCUT2D eigenvalue weighted by atomic mass is 16.3. The number of carbonyl (C=O) groups excluding carboxylic acids is 2. The molecule has 0 spiro atoms. The quantitative estimate of drug-likeness (QED) is 0.764. The smallest absolute Gasteiger partial charge is 0.255 e. The second-order valence-corrected chi connectivity index (χ2v) is 5.17. The molecule has 0 atom stereocenters. The van der Waals surface area contributed by atoms with Crippen LogP contribution in [0.3, 0.4) is 0 Å². The molecule has 0 aliphatic heterocycles. The third-order valence-corrected chi connectivity index (χ3v) is 2.93. The summed E-state index contributed by atoms with van der Waals surface area (Å²) >= 11 is 0. The highest BCUT2D eigenvalue weighted by Crippen LogP contribution is 2.19. The van der Waals surface area contributed by atoms with Crippen molar-refractivity contribution in [2.24, 2.45) is 5.41 Å². The molecular formula is C14H20N2O3. The van der Waals surface area contributed by atoms with E-state index in [9.17, 15) is 14.7 Å². The molecule has 0 heterocycles. The van der Waals surface area contributed by atoms with E-state index in [0.29, 0.717) is 0 Å². The van der Waals surface area contributed by atoms with Crippen LogP contribution in [0.15, 0.2) is 18.2 Å². The van der Waals surface area contributed by atoms with Gasteiger partial charge in [0.2, 0.25) is 5.91 Å². The van der Waals surface area contributed by atoms with E-state index < -0.39 is 11.3 Å². The van der Waals surface area contributed by atoms with Gasteiger partial charge in [-0.25, -0.2) is 0 Å². The molecule has 5 heteroatoms. The van der Waals surface area contributed by atoms with Gasteiger partial charge in [-0.05, 0) is 38.5 Å². The molecule has 0 saturated carbocycles. The molecule has 0 aliphatic carbocycles. The predicted octanol–water partition coefficient (Wildman–Crippen LogP) is 1.20. The van der Waals surface area contributed by atoms with Crippen molar-refractivity contribution in [3.63, 3.8) is 0 Å². The third-order valence-electron chi connectivity index (χ3n) is 2.93. The normalized spacial score (nSPS) is 10.9. The number of aromatic hydroxyl groups is 1. The lowest BCUT2D eigenvalue weighted by atomic mass is 9.92. The number of nitrogens with one attached hydrogen (secondary N) is 2. The van der Waals surface area contributed by atoms with Crippen molar-refractivity contribution in [2.75, 3.05) is 13.6 Å². The van der Waals surface area contributed by atoms with Gasteiger partial charge in [0.05, 0.1) is 11.0 Å². The van der Waals surface area contributed by atoms with Gasteiger partial charge in [0.1, 0.15) is 5.75 Å². The van der Waals surface area contributed by atoms with Crippen LogP contribution in [0.2, 0.25) is 0 Å². The summed E-state index contributed by atoms with van der Waals surface area (Å²) in [6, 6.07) is 4.84. The molecule has 0 aromatic heterocycles. The first-order valence-electron chi connectivity index (χ1n) is 6.08. The molecule has 0 bridgehead atoms. The fraction of sp³-hybridized carbons (Fsp3) is 0.429. The van der Waals surface area contributed by atoms with Crippen molar-refractivity contribution in [3.8, 4) is 5.75 Å². The van der Waals surface area contributed by atoms with Gasteiger partial charge in [0.15, 0.2) is 0 Å². The van der Waals surface area contributed by atoms with Crippen molar-refractivity contribution in [3.05, 3.63) is 29.3 Å². The summed E-state index contributed by atoms with van der Waals surface area (Å²) in [6.07, 6.45) is 0. The fourth-order valence-corrected chi connectivity index (χ4v) is 1.65. The molecule has 0 radical (unpaired) electrons. The van der Waals surface area contributed by atoms with Crippen molar-refractivity contribution >= 4 is 11.8 Å². The first-order chi connectivity index (χ1) is 8.77. The summed E-state index contributed by atoms with van der Waals surface area (Å²) in [6.45, 7) is 5.50. The monoisotopic (exact) mass is 264 g/mol. The van der Waals surface area contributed by atoms with E-state index in [1.807, 2.05) is 6.92 Å². The maximum Gasteiger partial charge on any atom is 0.255 e. The number of amides is 2. The Labute approximate surface area is 113 Å². The molecule has 3 N–H and O–H groups in total. The molecule has 0 saturated heterocycles. The molecule has 1 aromatic carbocycles. The molecule has 0 unspecified atom stereocenters. The van der Waals surface area contributed by atoms with Crippen LogP contribution in [0.5, 0.6) is 5.75 Å². The molecule has 0 aliphatic rings. The minimum Gasteiger partial charge on any atom is -0.507 e. The lowest BCUT2D eigenvalue weighted by Gasteiger charge is -2.22. The summed E-state index contributed by atoms with van der Waals surface area (Å²) in [4.78, 5) is 23.5. The highest BCUT2D eigenvalue weighted by Gasteiger charge is 2.27. The number of phenolic OH excluding ortho intramolecular Hbond substituents is 1. The van der Waals surface area contributed by atoms with Crippen LogP contribution in [0.1, 0.15) is 29.8 Å². The predicted molar refractivity (Wildman–Crippen MR) is 73.0 cm³/mol. The van der Waals surface area contributed by atoms with Gasteiger partial charge in [-0.2, -0.15) is 0 Å². The Kier molecular flexibility index (Phi) is 4.53. The largest absolute Gasteiger partial charge is 0.507 e. The van der Waals surface area contributed by atoms with E-state index in [1.165, 1.54) is 6.07 Å². The maximum atomic E-state index is 11.9.